The number of rotatable bonds is 4. The maximum atomic E-state index is 11.8. The first-order chi connectivity index (χ1) is 9.52. The van der Waals surface area contributed by atoms with Crippen LogP contribution in [0, 0.1) is 13.8 Å². The molecule has 2 aromatic rings. The fourth-order valence-corrected chi connectivity index (χ4v) is 1.87. The zero-order valence-electron chi connectivity index (χ0n) is 12.1. The van der Waals surface area contributed by atoms with Gasteiger partial charge in [0.15, 0.2) is 5.69 Å². The normalized spacial score (nSPS) is 10.4. The minimum atomic E-state index is -0.431. The average molecular weight is 274 g/mol. The van der Waals surface area contributed by atoms with Crippen LogP contribution in [0.4, 0.5) is 0 Å². The van der Waals surface area contributed by atoms with Crippen molar-refractivity contribution in [2.24, 2.45) is 7.05 Å². The van der Waals surface area contributed by atoms with Crippen molar-refractivity contribution >= 4 is 5.97 Å². The Morgan fingerprint density at radius 3 is 2.50 bits per heavy atom. The van der Waals surface area contributed by atoms with Crippen LogP contribution in [0.3, 0.4) is 0 Å². The van der Waals surface area contributed by atoms with Crippen LogP contribution in [0.5, 0.6) is 11.6 Å². The number of hydrogen-bond donors (Lipinski definition) is 0. The zero-order chi connectivity index (χ0) is 14.7. The van der Waals surface area contributed by atoms with Gasteiger partial charge in [-0.2, -0.15) is 5.10 Å². The van der Waals surface area contributed by atoms with Crippen LogP contribution in [0.25, 0.3) is 0 Å². The first kappa shape index (κ1) is 14.1. The van der Waals surface area contributed by atoms with Gasteiger partial charge in [-0.25, -0.2) is 9.48 Å². The molecule has 106 valence electrons. The van der Waals surface area contributed by atoms with Gasteiger partial charge in [-0.1, -0.05) is 17.7 Å². The van der Waals surface area contributed by atoms with Crippen LogP contribution in [0.15, 0.2) is 24.3 Å². The molecule has 5 nitrogen and oxygen atoms in total. The summed E-state index contributed by atoms with van der Waals surface area (Å²) >= 11 is 0. The SMILES string of the molecule is CCOC(=O)c1nn(C)c(Oc2ccc(C)cc2)c1C. The molecule has 5 heteroatoms. The number of ether oxygens (including phenoxy) is 2. The van der Waals surface area contributed by atoms with Gasteiger partial charge >= 0.3 is 5.97 Å². The van der Waals surface area contributed by atoms with Crippen molar-refractivity contribution in [3.05, 3.63) is 41.1 Å². The number of esters is 1. The van der Waals surface area contributed by atoms with Crippen LogP contribution in [-0.2, 0) is 11.8 Å². The van der Waals surface area contributed by atoms with Gasteiger partial charge in [0.25, 0.3) is 0 Å². The lowest BCUT2D eigenvalue weighted by molar-refractivity contribution is 0.0517. The van der Waals surface area contributed by atoms with E-state index in [1.165, 1.54) is 0 Å². The summed E-state index contributed by atoms with van der Waals surface area (Å²) in [5.41, 5.74) is 2.12. The lowest BCUT2D eigenvalue weighted by atomic mass is 10.2. The van der Waals surface area contributed by atoms with E-state index in [1.54, 1.807) is 25.6 Å². The third kappa shape index (κ3) is 2.82. The molecule has 0 amide bonds. The van der Waals surface area contributed by atoms with Gasteiger partial charge in [-0.3, -0.25) is 0 Å². The Balaban J connectivity index is 2.28. The van der Waals surface area contributed by atoms with E-state index in [9.17, 15) is 4.79 Å². The topological polar surface area (TPSA) is 53.3 Å². The van der Waals surface area contributed by atoms with Crippen molar-refractivity contribution in [3.63, 3.8) is 0 Å². The van der Waals surface area contributed by atoms with Crippen molar-refractivity contribution in [2.45, 2.75) is 20.8 Å². The highest BCUT2D eigenvalue weighted by atomic mass is 16.5. The smallest absolute Gasteiger partial charge is 0.359 e. The Labute approximate surface area is 118 Å². The fourth-order valence-electron chi connectivity index (χ4n) is 1.87. The molecule has 0 N–H and O–H groups in total. The number of aromatic nitrogens is 2. The summed E-state index contributed by atoms with van der Waals surface area (Å²) in [4.78, 5) is 11.8. The Bertz CT molecular complexity index is 615. The van der Waals surface area contributed by atoms with Crippen molar-refractivity contribution in [1.82, 2.24) is 9.78 Å². The molecule has 0 saturated carbocycles. The third-order valence-electron chi connectivity index (χ3n) is 2.92. The third-order valence-corrected chi connectivity index (χ3v) is 2.92. The molecule has 1 aromatic heterocycles. The fraction of sp³-hybridized carbons (Fsp3) is 0.333. The van der Waals surface area contributed by atoms with Gasteiger partial charge in [0.05, 0.1) is 6.61 Å². The van der Waals surface area contributed by atoms with E-state index in [1.807, 2.05) is 31.2 Å². The second-order valence-corrected chi connectivity index (χ2v) is 4.54. The van der Waals surface area contributed by atoms with Crippen LogP contribution < -0.4 is 4.74 Å². The Morgan fingerprint density at radius 2 is 1.90 bits per heavy atom. The molecule has 1 heterocycles. The molecule has 0 radical (unpaired) electrons. The maximum absolute atomic E-state index is 11.8. The highest BCUT2D eigenvalue weighted by Crippen LogP contribution is 2.27. The summed E-state index contributed by atoms with van der Waals surface area (Å²) < 4.78 is 12.3. The molecule has 2 rings (SSSR count). The molecule has 0 bridgehead atoms. The largest absolute Gasteiger partial charge is 0.461 e. The number of benzene rings is 1. The van der Waals surface area contributed by atoms with E-state index in [0.717, 1.165) is 5.56 Å². The van der Waals surface area contributed by atoms with E-state index >= 15 is 0 Å². The highest BCUT2D eigenvalue weighted by molar-refractivity contribution is 5.89. The average Bonchev–Trinajstić information content (AvgIpc) is 2.69. The molecule has 0 aliphatic carbocycles. The quantitative estimate of drug-likeness (QED) is 0.804. The van der Waals surface area contributed by atoms with E-state index < -0.39 is 5.97 Å². The van der Waals surface area contributed by atoms with Crippen LogP contribution in [0.1, 0.15) is 28.5 Å². The lowest BCUT2D eigenvalue weighted by Crippen LogP contribution is -2.07. The second kappa shape index (κ2) is 5.77. The summed E-state index contributed by atoms with van der Waals surface area (Å²) in [6, 6.07) is 7.69. The summed E-state index contributed by atoms with van der Waals surface area (Å²) in [6.07, 6.45) is 0. The van der Waals surface area contributed by atoms with Crippen LogP contribution in [0.2, 0.25) is 0 Å². The molecule has 0 saturated heterocycles. The summed E-state index contributed by atoms with van der Waals surface area (Å²) in [7, 11) is 1.74. The van der Waals surface area contributed by atoms with Crippen molar-refractivity contribution < 1.29 is 14.3 Å². The molecule has 0 spiro atoms. The molecule has 0 atom stereocenters. The lowest BCUT2D eigenvalue weighted by Gasteiger charge is -2.07. The van der Waals surface area contributed by atoms with Gasteiger partial charge in [0, 0.05) is 12.6 Å². The molecular formula is C15H18N2O3. The van der Waals surface area contributed by atoms with E-state index in [2.05, 4.69) is 5.10 Å². The second-order valence-electron chi connectivity index (χ2n) is 4.54. The van der Waals surface area contributed by atoms with Crippen molar-refractivity contribution in [1.29, 1.82) is 0 Å². The molecule has 20 heavy (non-hydrogen) atoms. The maximum Gasteiger partial charge on any atom is 0.359 e. The van der Waals surface area contributed by atoms with Crippen molar-refractivity contribution in [2.75, 3.05) is 6.61 Å². The molecular weight excluding hydrogens is 256 g/mol. The predicted octanol–water partition coefficient (Wildman–Crippen LogP) is 3.01. The Morgan fingerprint density at radius 1 is 1.25 bits per heavy atom. The number of hydrogen-bond acceptors (Lipinski definition) is 4. The zero-order valence-corrected chi connectivity index (χ0v) is 12.1. The van der Waals surface area contributed by atoms with Gasteiger partial charge < -0.3 is 9.47 Å². The Kier molecular flexibility index (Phi) is 4.08. The van der Waals surface area contributed by atoms with E-state index in [4.69, 9.17) is 9.47 Å². The molecule has 0 aliphatic heterocycles. The molecule has 0 unspecified atom stereocenters. The van der Waals surface area contributed by atoms with E-state index in [-0.39, 0.29) is 5.69 Å². The molecule has 0 aliphatic rings. The predicted molar refractivity (Wildman–Crippen MR) is 75.2 cm³/mol. The van der Waals surface area contributed by atoms with Gasteiger partial charge in [0.1, 0.15) is 5.75 Å². The minimum absolute atomic E-state index is 0.288. The monoisotopic (exact) mass is 274 g/mol. The number of carbonyl (C=O) groups is 1. The van der Waals surface area contributed by atoms with Crippen LogP contribution >= 0.6 is 0 Å². The van der Waals surface area contributed by atoms with Gasteiger partial charge in [0.2, 0.25) is 5.88 Å². The Hall–Kier alpha value is -2.30. The standard InChI is InChI=1S/C15H18N2O3/c1-5-19-15(18)13-11(3)14(17(4)16-13)20-12-8-6-10(2)7-9-12/h6-9H,5H2,1-4H3. The molecule has 1 aromatic carbocycles. The summed E-state index contributed by atoms with van der Waals surface area (Å²) in [6.45, 7) is 5.89. The molecule has 0 fully saturated rings. The number of carbonyl (C=O) groups excluding carboxylic acids is 1. The van der Waals surface area contributed by atoms with Gasteiger partial charge in [-0.05, 0) is 32.9 Å². The number of nitrogens with zero attached hydrogens (tertiary/aromatic N) is 2. The summed E-state index contributed by atoms with van der Waals surface area (Å²) in [5, 5.41) is 4.16. The van der Waals surface area contributed by atoms with Crippen LogP contribution in [-0.4, -0.2) is 22.4 Å². The first-order valence-electron chi connectivity index (χ1n) is 6.48. The van der Waals surface area contributed by atoms with Crippen molar-refractivity contribution in [3.8, 4) is 11.6 Å². The summed E-state index contributed by atoms with van der Waals surface area (Å²) in [5.74, 6) is 0.813. The van der Waals surface area contributed by atoms with E-state index in [0.29, 0.717) is 23.8 Å². The number of aryl methyl sites for hydroxylation is 2. The minimum Gasteiger partial charge on any atom is -0.461 e. The van der Waals surface area contributed by atoms with Gasteiger partial charge in [-0.15, -0.1) is 0 Å². The first-order valence-corrected chi connectivity index (χ1v) is 6.48. The highest BCUT2D eigenvalue weighted by Gasteiger charge is 2.21.